The lowest BCUT2D eigenvalue weighted by molar-refractivity contribution is 0.344. The van der Waals surface area contributed by atoms with E-state index in [2.05, 4.69) is 84.9 Å². The number of hydrogen-bond donors (Lipinski definition) is 1. The summed E-state index contributed by atoms with van der Waals surface area (Å²) in [7, 11) is 2.15. The Morgan fingerprint density at radius 1 is 0.900 bits per heavy atom. The SMILES string of the molecule is CCN(C)CCNC(c1ccccc1)c1ccccc1. The Morgan fingerprint density at radius 3 is 1.85 bits per heavy atom. The summed E-state index contributed by atoms with van der Waals surface area (Å²) in [6, 6.07) is 21.6. The Kier molecular flexibility index (Phi) is 5.78. The van der Waals surface area contributed by atoms with Crippen molar-refractivity contribution in [2.75, 3.05) is 26.7 Å². The molecule has 20 heavy (non-hydrogen) atoms. The highest BCUT2D eigenvalue weighted by atomic mass is 15.1. The highest BCUT2D eigenvalue weighted by molar-refractivity contribution is 5.31. The molecule has 0 radical (unpaired) electrons. The fourth-order valence-electron chi connectivity index (χ4n) is 2.28. The normalized spacial score (nSPS) is 11.2. The Balaban J connectivity index is 2.09. The molecule has 2 aromatic rings. The second-order valence-electron chi connectivity index (χ2n) is 5.10. The molecular formula is C18H24N2. The average Bonchev–Trinajstić information content (AvgIpc) is 2.53. The van der Waals surface area contributed by atoms with Gasteiger partial charge in [-0.3, -0.25) is 0 Å². The third-order valence-corrected chi connectivity index (χ3v) is 3.65. The molecular weight excluding hydrogens is 244 g/mol. The van der Waals surface area contributed by atoms with Crippen LogP contribution in [0.4, 0.5) is 0 Å². The van der Waals surface area contributed by atoms with Crippen LogP contribution < -0.4 is 5.32 Å². The predicted octanol–water partition coefficient (Wildman–Crippen LogP) is 3.32. The molecule has 0 bridgehead atoms. The van der Waals surface area contributed by atoms with Gasteiger partial charge in [-0.25, -0.2) is 0 Å². The van der Waals surface area contributed by atoms with E-state index in [0.717, 1.165) is 19.6 Å². The minimum Gasteiger partial charge on any atom is -0.305 e. The quantitative estimate of drug-likeness (QED) is 0.828. The number of benzene rings is 2. The highest BCUT2D eigenvalue weighted by Gasteiger charge is 2.12. The van der Waals surface area contributed by atoms with E-state index in [-0.39, 0.29) is 6.04 Å². The van der Waals surface area contributed by atoms with Gasteiger partial charge >= 0.3 is 0 Å². The molecule has 0 aliphatic carbocycles. The topological polar surface area (TPSA) is 15.3 Å². The molecule has 0 aliphatic heterocycles. The Labute approximate surface area is 122 Å². The van der Waals surface area contributed by atoms with Crippen molar-refractivity contribution in [3.63, 3.8) is 0 Å². The maximum absolute atomic E-state index is 3.68. The highest BCUT2D eigenvalue weighted by Crippen LogP contribution is 2.21. The van der Waals surface area contributed by atoms with Gasteiger partial charge in [0.2, 0.25) is 0 Å². The molecule has 2 aromatic carbocycles. The summed E-state index contributed by atoms with van der Waals surface area (Å²) in [5.74, 6) is 0. The number of hydrogen-bond acceptors (Lipinski definition) is 2. The van der Waals surface area contributed by atoms with E-state index in [9.17, 15) is 0 Å². The maximum atomic E-state index is 3.68. The number of nitrogens with zero attached hydrogens (tertiary/aromatic N) is 1. The zero-order valence-corrected chi connectivity index (χ0v) is 12.4. The molecule has 2 nitrogen and oxygen atoms in total. The van der Waals surface area contributed by atoms with Gasteiger partial charge in [0.05, 0.1) is 6.04 Å². The molecule has 0 unspecified atom stereocenters. The molecule has 0 saturated heterocycles. The minimum absolute atomic E-state index is 0.266. The van der Waals surface area contributed by atoms with Crippen LogP contribution in [-0.4, -0.2) is 31.6 Å². The van der Waals surface area contributed by atoms with Gasteiger partial charge in [-0.05, 0) is 24.7 Å². The van der Waals surface area contributed by atoms with Gasteiger partial charge in [-0.15, -0.1) is 0 Å². The van der Waals surface area contributed by atoms with Gasteiger partial charge in [-0.1, -0.05) is 67.6 Å². The molecule has 106 valence electrons. The zero-order chi connectivity index (χ0) is 14.2. The van der Waals surface area contributed by atoms with Crippen LogP contribution in [0.25, 0.3) is 0 Å². The van der Waals surface area contributed by atoms with Crippen LogP contribution in [0, 0.1) is 0 Å². The zero-order valence-electron chi connectivity index (χ0n) is 12.4. The minimum atomic E-state index is 0.266. The third kappa shape index (κ3) is 4.19. The molecule has 2 rings (SSSR count). The molecule has 0 saturated carbocycles. The standard InChI is InChI=1S/C18H24N2/c1-3-20(2)15-14-19-18(16-10-6-4-7-11-16)17-12-8-5-9-13-17/h4-13,18-19H,3,14-15H2,1-2H3. The summed E-state index contributed by atoms with van der Waals surface area (Å²) in [6.07, 6.45) is 0. The van der Waals surface area contributed by atoms with Crippen molar-refractivity contribution in [3.8, 4) is 0 Å². The van der Waals surface area contributed by atoms with Crippen LogP contribution in [0.5, 0.6) is 0 Å². The van der Waals surface area contributed by atoms with Crippen molar-refractivity contribution in [3.05, 3.63) is 71.8 Å². The lowest BCUT2D eigenvalue weighted by Gasteiger charge is -2.22. The molecule has 0 aliphatic rings. The van der Waals surface area contributed by atoms with Crippen LogP contribution >= 0.6 is 0 Å². The summed E-state index contributed by atoms with van der Waals surface area (Å²) in [5, 5.41) is 3.68. The van der Waals surface area contributed by atoms with E-state index in [0.29, 0.717) is 0 Å². The molecule has 1 N–H and O–H groups in total. The van der Waals surface area contributed by atoms with Crippen LogP contribution in [0.1, 0.15) is 24.1 Å². The second kappa shape index (κ2) is 7.83. The van der Waals surface area contributed by atoms with E-state index in [1.165, 1.54) is 11.1 Å². The van der Waals surface area contributed by atoms with Gasteiger partial charge in [0.15, 0.2) is 0 Å². The van der Waals surface area contributed by atoms with E-state index < -0.39 is 0 Å². The van der Waals surface area contributed by atoms with Gasteiger partial charge in [0.1, 0.15) is 0 Å². The van der Waals surface area contributed by atoms with E-state index in [4.69, 9.17) is 0 Å². The molecule has 0 heterocycles. The van der Waals surface area contributed by atoms with Crippen molar-refractivity contribution in [1.29, 1.82) is 0 Å². The molecule has 2 heteroatoms. The van der Waals surface area contributed by atoms with Crippen molar-refractivity contribution < 1.29 is 0 Å². The first-order valence-electron chi connectivity index (χ1n) is 7.33. The van der Waals surface area contributed by atoms with Gasteiger partial charge in [0.25, 0.3) is 0 Å². The average molecular weight is 268 g/mol. The number of rotatable bonds is 7. The lowest BCUT2D eigenvalue weighted by Crippen LogP contribution is -2.32. The molecule has 0 aromatic heterocycles. The molecule has 0 spiro atoms. The first-order chi connectivity index (χ1) is 9.81. The van der Waals surface area contributed by atoms with Crippen LogP contribution in [-0.2, 0) is 0 Å². The maximum Gasteiger partial charge on any atom is 0.0577 e. The monoisotopic (exact) mass is 268 g/mol. The fraction of sp³-hybridized carbons (Fsp3) is 0.333. The summed E-state index contributed by atoms with van der Waals surface area (Å²) < 4.78 is 0. The number of likely N-dealkylation sites (N-methyl/N-ethyl adjacent to an activating group) is 1. The Hall–Kier alpha value is -1.64. The van der Waals surface area contributed by atoms with E-state index in [1.54, 1.807) is 0 Å². The second-order valence-corrected chi connectivity index (χ2v) is 5.10. The molecule has 0 fully saturated rings. The largest absolute Gasteiger partial charge is 0.305 e. The fourth-order valence-corrected chi connectivity index (χ4v) is 2.28. The summed E-state index contributed by atoms with van der Waals surface area (Å²) in [5.41, 5.74) is 2.63. The summed E-state index contributed by atoms with van der Waals surface area (Å²) in [6.45, 7) is 5.32. The van der Waals surface area contributed by atoms with Gasteiger partial charge in [0, 0.05) is 13.1 Å². The summed E-state index contributed by atoms with van der Waals surface area (Å²) >= 11 is 0. The number of nitrogens with one attached hydrogen (secondary N) is 1. The van der Waals surface area contributed by atoms with Crippen LogP contribution in [0.15, 0.2) is 60.7 Å². The van der Waals surface area contributed by atoms with E-state index >= 15 is 0 Å². The predicted molar refractivity (Wildman–Crippen MR) is 85.9 cm³/mol. The first-order valence-corrected chi connectivity index (χ1v) is 7.33. The van der Waals surface area contributed by atoms with Crippen molar-refractivity contribution >= 4 is 0 Å². The Bertz CT molecular complexity index is 442. The molecule has 0 amide bonds. The molecule has 0 atom stereocenters. The first kappa shape index (κ1) is 14.8. The van der Waals surface area contributed by atoms with E-state index in [1.807, 2.05) is 0 Å². The van der Waals surface area contributed by atoms with Crippen LogP contribution in [0.3, 0.4) is 0 Å². The van der Waals surface area contributed by atoms with Crippen LogP contribution in [0.2, 0.25) is 0 Å². The van der Waals surface area contributed by atoms with Crippen molar-refractivity contribution in [1.82, 2.24) is 10.2 Å². The van der Waals surface area contributed by atoms with Crippen molar-refractivity contribution in [2.45, 2.75) is 13.0 Å². The Morgan fingerprint density at radius 2 is 1.40 bits per heavy atom. The van der Waals surface area contributed by atoms with Gasteiger partial charge < -0.3 is 10.2 Å². The third-order valence-electron chi connectivity index (χ3n) is 3.65. The lowest BCUT2D eigenvalue weighted by atomic mass is 9.99. The summed E-state index contributed by atoms with van der Waals surface area (Å²) in [4.78, 5) is 2.32. The smallest absolute Gasteiger partial charge is 0.0577 e. The van der Waals surface area contributed by atoms with Gasteiger partial charge in [-0.2, -0.15) is 0 Å². The van der Waals surface area contributed by atoms with Crippen molar-refractivity contribution in [2.24, 2.45) is 0 Å².